The minimum atomic E-state index is -0.944. The SMILES string of the molecule is CC(=O)CCC(=O)NCc1ccc(F)c(F)c1. The third-order valence-corrected chi connectivity index (χ3v) is 2.18. The minimum absolute atomic E-state index is 0.0621. The monoisotopic (exact) mass is 241 g/mol. The van der Waals surface area contributed by atoms with Crippen molar-refractivity contribution in [1.82, 2.24) is 5.32 Å². The second kappa shape index (κ2) is 6.08. The molecule has 1 rings (SSSR count). The lowest BCUT2D eigenvalue weighted by molar-refractivity contribution is -0.124. The lowest BCUT2D eigenvalue weighted by Gasteiger charge is -2.05. The molecular weight excluding hydrogens is 228 g/mol. The Morgan fingerprint density at radius 2 is 1.88 bits per heavy atom. The Morgan fingerprint density at radius 3 is 2.47 bits per heavy atom. The number of ketones is 1. The summed E-state index contributed by atoms with van der Waals surface area (Å²) in [4.78, 5) is 21.9. The molecule has 0 heterocycles. The summed E-state index contributed by atoms with van der Waals surface area (Å²) in [5.41, 5.74) is 0.472. The van der Waals surface area contributed by atoms with Gasteiger partial charge in [-0.1, -0.05) is 6.07 Å². The second-order valence-electron chi connectivity index (χ2n) is 3.73. The fourth-order valence-electron chi connectivity index (χ4n) is 1.23. The molecule has 0 unspecified atom stereocenters. The van der Waals surface area contributed by atoms with Crippen LogP contribution in [0.15, 0.2) is 18.2 Å². The van der Waals surface area contributed by atoms with E-state index in [-0.39, 0.29) is 31.1 Å². The molecule has 1 aromatic carbocycles. The van der Waals surface area contributed by atoms with Crippen LogP contribution in [0.5, 0.6) is 0 Å². The Labute approximate surface area is 97.8 Å². The van der Waals surface area contributed by atoms with Gasteiger partial charge in [-0.25, -0.2) is 8.78 Å². The van der Waals surface area contributed by atoms with Crippen LogP contribution in [0.1, 0.15) is 25.3 Å². The van der Waals surface area contributed by atoms with Gasteiger partial charge in [0.2, 0.25) is 5.91 Å². The van der Waals surface area contributed by atoms with Crippen LogP contribution in [0.4, 0.5) is 8.78 Å². The van der Waals surface area contributed by atoms with Gasteiger partial charge < -0.3 is 10.1 Å². The summed E-state index contributed by atoms with van der Waals surface area (Å²) in [5, 5.41) is 2.52. The van der Waals surface area contributed by atoms with E-state index in [2.05, 4.69) is 5.32 Å². The minimum Gasteiger partial charge on any atom is -0.352 e. The molecule has 0 saturated heterocycles. The van der Waals surface area contributed by atoms with Crippen molar-refractivity contribution >= 4 is 11.7 Å². The van der Waals surface area contributed by atoms with Crippen molar-refractivity contribution < 1.29 is 18.4 Å². The summed E-state index contributed by atoms with van der Waals surface area (Å²) >= 11 is 0. The number of hydrogen-bond acceptors (Lipinski definition) is 2. The molecule has 0 atom stereocenters. The summed E-state index contributed by atoms with van der Waals surface area (Å²) in [7, 11) is 0. The number of rotatable bonds is 5. The van der Waals surface area contributed by atoms with Crippen molar-refractivity contribution in [2.24, 2.45) is 0 Å². The van der Waals surface area contributed by atoms with E-state index in [1.54, 1.807) is 0 Å². The van der Waals surface area contributed by atoms with Gasteiger partial charge in [0.1, 0.15) is 5.78 Å². The lowest BCUT2D eigenvalue weighted by Crippen LogP contribution is -2.23. The highest BCUT2D eigenvalue weighted by Gasteiger charge is 2.05. The van der Waals surface area contributed by atoms with Gasteiger partial charge in [0, 0.05) is 19.4 Å². The Kier molecular flexibility index (Phi) is 4.75. The first-order valence-corrected chi connectivity index (χ1v) is 5.19. The quantitative estimate of drug-likeness (QED) is 0.856. The number of carbonyl (C=O) groups excluding carboxylic acids is 2. The van der Waals surface area contributed by atoms with Crippen molar-refractivity contribution in [3.63, 3.8) is 0 Å². The van der Waals surface area contributed by atoms with Gasteiger partial charge in [-0.05, 0) is 24.6 Å². The molecule has 0 spiro atoms. The molecule has 17 heavy (non-hydrogen) atoms. The molecular formula is C12H13F2NO2. The number of benzene rings is 1. The summed E-state index contributed by atoms with van der Waals surface area (Å²) in [6, 6.07) is 3.43. The average molecular weight is 241 g/mol. The molecule has 0 aromatic heterocycles. The van der Waals surface area contributed by atoms with Crippen molar-refractivity contribution in [2.75, 3.05) is 0 Å². The van der Waals surface area contributed by atoms with Gasteiger partial charge in [0.15, 0.2) is 11.6 Å². The van der Waals surface area contributed by atoms with Crippen LogP contribution in [-0.2, 0) is 16.1 Å². The van der Waals surface area contributed by atoms with E-state index in [9.17, 15) is 18.4 Å². The Bertz CT molecular complexity index is 433. The van der Waals surface area contributed by atoms with Gasteiger partial charge in [0.25, 0.3) is 0 Å². The number of Topliss-reactive ketones (excluding diaryl/α,β-unsaturated/α-hetero) is 1. The number of halogens is 2. The van der Waals surface area contributed by atoms with Gasteiger partial charge in [0.05, 0.1) is 0 Å². The van der Waals surface area contributed by atoms with Crippen LogP contribution in [0.2, 0.25) is 0 Å². The van der Waals surface area contributed by atoms with Crippen LogP contribution in [0.3, 0.4) is 0 Å². The van der Waals surface area contributed by atoms with E-state index < -0.39 is 11.6 Å². The normalized spacial score (nSPS) is 10.1. The van der Waals surface area contributed by atoms with Crippen LogP contribution in [0.25, 0.3) is 0 Å². The molecule has 3 nitrogen and oxygen atoms in total. The van der Waals surface area contributed by atoms with Gasteiger partial charge in [-0.3, -0.25) is 4.79 Å². The zero-order chi connectivity index (χ0) is 12.8. The predicted molar refractivity (Wildman–Crippen MR) is 58.1 cm³/mol. The van der Waals surface area contributed by atoms with Gasteiger partial charge in [-0.15, -0.1) is 0 Å². The first kappa shape index (κ1) is 13.3. The third-order valence-electron chi connectivity index (χ3n) is 2.18. The molecule has 0 bridgehead atoms. The number of nitrogens with one attached hydrogen (secondary N) is 1. The Morgan fingerprint density at radius 1 is 1.18 bits per heavy atom. The molecule has 5 heteroatoms. The maximum absolute atomic E-state index is 12.8. The maximum atomic E-state index is 12.8. The molecule has 0 aliphatic carbocycles. The smallest absolute Gasteiger partial charge is 0.220 e. The Hall–Kier alpha value is -1.78. The van der Waals surface area contributed by atoms with Crippen LogP contribution < -0.4 is 5.32 Å². The molecule has 1 N–H and O–H groups in total. The summed E-state index contributed by atoms with van der Waals surface area (Å²) in [5.74, 6) is -2.21. The lowest BCUT2D eigenvalue weighted by atomic mass is 10.2. The second-order valence-corrected chi connectivity index (χ2v) is 3.73. The standard InChI is InChI=1S/C12H13F2NO2/c1-8(16)2-5-12(17)15-7-9-3-4-10(13)11(14)6-9/h3-4,6H,2,5,7H2,1H3,(H,15,17). The van der Waals surface area contributed by atoms with E-state index in [4.69, 9.17) is 0 Å². The van der Waals surface area contributed by atoms with E-state index in [1.165, 1.54) is 13.0 Å². The fourth-order valence-corrected chi connectivity index (χ4v) is 1.23. The van der Waals surface area contributed by atoms with Crippen LogP contribution in [-0.4, -0.2) is 11.7 Å². The van der Waals surface area contributed by atoms with Crippen molar-refractivity contribution in [3.05, 3.63) is 35.4 Å². The van der Waals surface area contributed by atoms with E-state index >= 15 is 0 Å². The van der Waals surface area contributed by atoms with Crippen molar-refractivity contribution in [3.8, 4) is 0 Å². The van der Waals surface area contributed by atoms with Crippen molar-refractivity contribution in [2.45, 2.75) is 26.3 Å². The molecule has 0 radical (unpaired) electrons. The number of carbonyl (C=O) groups is 2. The molecule has 0 aliphatic rings. The highest BCUT2D eigenvalue weighted by molar-refractivity contribution is 5.83. The summed E-state index contributed by atoms with van der Waals surface area (Å²) < 4.78 is 25.4. The fraction of sp³-hybridized carbons (Fsp3) is 0.333. The summed E-state index contributed by atoms with van der Waals surface area (Å²) in [6.45, 7) is 1.52. The zero-order valence-corrected chi connectivity index (χ0v) is 9.43. The maximum Gasteiger partial charge on any atom is 0.220 e. The average Bonchev–Trinajstić information content (AvgIpc) is 2.28. The summed E-state index contributed by atoms with van der Waals surface area (Å²) in [6.07, 6.45) is 0.294. The zero-order valence-electron chi connectivity index (χ0n) is 9.43. The topological polar surface area (TPSA) is 46.2 Å². The molecule has 0 saturated carbocycles. The van der Waals surface area contributed by atoms with E-state index in [0.717, 1.165) is 12.1 Å². The van der Waals surface area contributed by atoms with Gasteiger partial charge in [-0.2, -0.15) is 0 Å². The molecule has 1 amide bonds. The number of amides is 1. The highest BCUT2D eigenvalue weighted by atomic mass is 19.2. The van der Waals surface area contributed by atoms with Gasteiger partial charge >= 0.3 is 0 Å². The third kappa shape index (κ3) is 4.72. The van der Waals surface area contributed by atoms with Crippen LogP contribution >= 0.6 is 0 Å². The van der Waals surface area contributed by atoms with Crippen LogP contribution in [0, 0.1) is 11.6 Å². The molecule has 92 valence electrons. The molecule has 0 fully saturated rings. The first-order valence-electron chi connectivity index (χ1n) is 5.19. The largest absolute Gasteiger partial charge is 0.352 e. The van der Waals surface area contributed by atoms with E-state index in [1.807, 2.05) is 0 Å². The first-order chi connectivity index (χ1) is 7.99. The molecule has 1 aromatic rings. The number of hydrogen-bond donors (Lipinski definition) is 1. The predicted octanol–water partition coefficient (Wildman–Crippen LogP) is 1.95. The highest BCUT2D eigenvalue weighted by Crippen LogP contribution is 2.08. The Balaban J connectivity index is 2.42. The van der Waals surface area contributed by atoms with Crippen molar-refractivity contribution in [1.29, 1.82) is 0 Å². The molecule has 0 aliphatic heterocycles. The van der Waals surface area contributed by atoms with E-state index in [0.29, 0.717) is 5.56 Å².